The summed E-state index contributed by atoms with van der Waals surface area (Å²) in [5.41, 5.74) is 9.07. The fourth-order valence-corrected chi connectivity index (χ4v) is 13.4. The zero-order valence-electron chi connectivity index (χ0n) is 32.6. The molecule has 0 unspecified atom stereocenters. The van der Waals surface area contributed by atoms with Crippen molar-refractivity contribution < 1.29 is 21.1 Å². The molecule has 7 aromatic carbocycles. The molecule has 6 heteroatoms. The van der Waals surface area contributed by atoms with Crippen molar-refractivity contribution >= 4 is 61.7 Å². The molecular formula is C52H41N4PtSi-. The molecule has 0 amide bonds. The van der Waals surface area contributed by atoms with Crippen LogP contribution in [0.25, 0.3) is 55.5 Å². The van der Waals surface area contributed by atoms with Gasteiger partial charge in [-0.15, -0.1) is 22.7 Å². The summed E-state index contributed by atoms with van der Waals surface area (Å²) in [7, 11) is -3.07. The Morgan fingerprint density at radius 2 is 1.22 bits per heavy atom. The molecule has 0 bridgehead atoms. The topological polar surface area (TPSA) is 27.7 Å². The number of para-hydroxylation sites is 3. The van der Waals surface area contributed by atoms with Gasteiger partial charge in [0.25, 0.3) is 0 Å². The third-order valence-corrected chi connectivity index (χ3v) is 16.1. The molecule has 10 aromatic rings. The number of nitrogens with zero attached hydrogens (tertiary/aromatic N) is 4. The minimum Gasteiger partial charge on any atom is -0.319 e. The van der Waals surface area contributed by atoms with Crippen LogP contribution in [0, 0.1) is 19.1 Å². The molecule has 4 nitrogen and oxygen atoms in total. The van der Waals surface area contributed by atoms with Crippen molar-refractivity contribution in [3.8, 4) is 22.6 Å². The van der Waals surface area contributed by atoms with Gasteiger partial charge in [-0.25, -0.2) is 14.1 Å². The molecule has 0 aliphatic rings. The molecule has 0 saturated heterocycles. The maximum Gasteiger partial charge on any atom is 0.188 e. The van der Waals surface area contributed by atoms with Crippen LogP contribution in [0.15, 0.2) is 188 Å². The van der Waals surface area contributed by atoms with Crippen molar-refractivity contribution in [2.75, 3.05) is 0 Å². The van der Waals surface area contributed by atoms with Gasteiger partial charge in [-0.2, -0.15) is 35.5 Å². The number of pyridine rings is 1. The van der Waals surface area contributed by atoms with Gasteiger partial charge in [0.05, 0.1) is 6.04 Å². The smallest absolute Gasteiger partial charge is 0.188 e. The number of benzene rings is 7. The summed E-state index contributed by atoms with van der Waals surface area (Å²) in [4.78, 5) is 5.03. The largest absolute Gasteiger partial charge is 0.319 e. The predicted molar refractivity (Wildman–Crippen MR) is 240 cm³/mol. The van der Waals surface area contributed by atoms with Crippen molar-refractivity contribution in [2.24, 2.45) is 0 Å². The van der Waals surface area contributed by atoms with Gasteiger partial charge in [0.15, 0.2) is 17.4 Å². The second-order valence-corrected chi connectivity index (χ2v) is 18.8. The Morgan fingerprint density at radius 3 is 1.95 bits per heavy atom. The minimum atomic E-state index is -3.07. The maximum absolute atomic E-state index is 5.03. The molecule has 0 fully saturated rings. The van der Waals surface area contributed by atoms with Crippen molar-refractivity contribution in [1.82, 2.24) is 18.7 Å². The number of aryl methyl sites for hydroxylation is 1. The number of imidazole rings is 1. The molecule has 0 atom stereocenters. The second-order valence-electron chi connectivity index (χ2n) is 15.1. The van der Waals surface area contributed by atoms with Crippen LogP contribution in [0.5, 0.6) is 0 Å². The Kier molecular flexibility index (Phi) is 9.89. The molecule has 0 spiro atoms. The minimum absolute atomic E-state index is 0. The summed E-state index contributed by atoms with van der Waals surface area (Å²) in [6.45, 7) is 6.64. The van der Waals surface area contributed by atoms with Gasteiger partial charge in [0, 0.05) is 50.6 Å². The van der Waals surface area contributed by atoms with Crippen LogP contribution in [0.2, 0.25) is 0 Å². The van der Waals surface area contributed by atoms with Crippen molar-refractivity contribution in [2.45, 2.75) is 26.8 Å². The van der Waals surface area contributed by atoms with Gasteiger partial charge in [-0.05, 0) is 83.6 Å². The van der Waals surface area contributed by atoms with Crippen LogP contribution >= 0.6 is 0 Å². The average Bonchev–Trinajstić information content (AvgIpc) is 3.82. The van der Waals surface area contributed by atoms with Gasteiger partial charge in [-0.1, -0.05) is 109 Å². The van der Waals surface area contributed by atoms with E-state index >= 15 is 0 Å². The predicted octanol–water partition coefficient (Wildman–Crippen LogP) is 9.74. The van der Waals surface area contributed by atoms with E-state index in [2.05, 4.69) is 229 Å². The Morgan fingerprint density at radius 1 is 0.586 bits per heavy atom. The quantitative estimate of drug-likeness (QED) is 0.0848. The molecule has 0 N–H and O–H groups in total. The van der Waals surface area contributed by atoms with Gasteiger partial charge >= 0.3 is 0 Å². The molecule has 0 radical (unpaired) electrons. The van der Waals surface area contributed by atoms with Crippen molar-refractivity contribution in [1.29, 1.82) is 0 Å². The standard InChI is InChI=1S/C52H41N4Si.Pt/c1-37(2)54-36-55(50-28-15-14-27-49(50)54)40-18-16-23-43(34-40)57(41-19-6-4-7-20-41,42-21-8-5-9-22-42)44-29-30-47-46-25-12-13-26-48(46)56(51(47)35-44)52-33-39(31-32-53-52)45-24-11-10-17-38(45)3;/h4-33,36-37H,1-3H3;/q-1;. The molecule has 284 valence electrons. The summed E-state index contributed by atoms with van der Waals surface area (Å²) < 4.78 is 6.95. The van der Waals surface area contributed by atoms with E-state index in [4.69, 9.17) is 4.98 Å². The van der Waals surface area contributed by atoms with Crippen LogP contribution in [0.3, 0.4) is 0 Å². The fourth-order valence-electron chi connectivity index (χ4n) is 8.82. The van der Waals surface area contributed by atoms with Crippen LogP contribution in [0.4, 0.5) is 0 Å². The van der Waals surface area contributed by atoms with Crippen LogP contribution in [-0.2, 0) is 21.1 Å². The van der Waals surface area contributed by atoms with Crippen molar-refractivity contribution in [3.05, 3.63) is 206 Å². The van der Waals surface area contributed by atoms with E-state index in [0.29, 0.717) is 6.04 Å². The van der Waals surface area contributed by atoms with Gasteiger partial charge in [-0.3, -0.25) is 0 Å². The van der Waals surface area contributed by atoms with Gasteiger partial charge < -0.3 is 4.57 Å². The summed E-state index contributed by atoms with van der Waals surface area (Å²) in [5, 5.41) is 7.21. The number of aromatic nitrogens is 4. The summed E-state index contributed by atoms with van der Waals surface area (Å²) in [5.74, 6) is 0.869. The Labute approximate surface area is 355 Å². The summed E-state index contributed by atoms with van der Waals surface area (Å²) in [6, 6.07) is 72.2. The Balaban J connectivity index is 0.00000436. The monoisotopic (exact) mass is 944 g/mol. The van der Waals surface area contributed by atoms with E-state index in [1.54, 1.807) is 0 Å². The number of hydrogen-bond acceptors (Lipinski definition) is 1. The van der Waals surface area contributed by atoms with E-state index in [0.717, 1.165) is 44.2 Å². The Hall–Kier alpha value is -6.13. The molecule has 0 aliphatic heterocycles. The van der Waals surface area contributed by atoms with E-state index < -0.39 is 8.07 Å². The van der Waals surface area contributed by atoms with Crippen LogP contribution in [-0.4, -0.2) is 26.8 Å². The summed E-state index contributed by atoms with van der Waals surface area (Å²) >= 11 is 0. The molecule has 0 aliphatic carbocycles. The second kappa shape index (κ2) is 15.3. The van der Waals surface area contributed by atoms with Gasteiger partial charge in [0.1, 0.15) is 13.9 Å². The molecule has 0 saturated carbocycles. The maximum atomic E-state index is 5.03. The zero-order valence-corrected chi connectivity index (χ0v) is 35.9. The average molecular weight is 945 g/mol. The number of rotatable bonds is 8. The van der Waals surface area contributed by atoms with E-state index in [1.165, 1.54) is 37.6 Å². The normalized spacial score (nSPS) is 11.7. The molecule has 58 heavy (non-hydrogen) atoms. The Bertz CT molecular complexity index is 3040. The first-order valence-corrected chi connectivity index (χ1v) is 21.7. The fraction of sp³-hybridized carbons (Fsp3) is 0.0769. The first-order valence-electron chi connectivity index (χ1n) is 19.7. The number of hydrogen-bond donors (Lipinski definition) is 0. The molecule has 10 rings (SSSR count). The third kappa shape index (κ3) is 6.09. The molecular weight excluding hydrogens is 904 g/mol. The number of fused-ring (bicyclic) bond motifs is 4. The SMILES string of the molecule is Cc1ccccc1-c1ccnc(-n2c3[c-]c([Si](c4[c-]c(-n5[cH+]n(C(C)C)c6ccccc65)ccc4)(c4ccccc4)c4ccccc4)ccc3c3ccccc32)c1.[Pt]. The van der Waals surface area contributed by atoms with E-state index in [-0.39, 0.29) is 21.1 Å². The van der Waals surface area contributed by atoms with E-state index in [9.17, 15) is 0 Å². The van der Waals surface area contributed by atoms with Crippen LogP contribution in [0.1, 0.15) is 25.5 Å². The first kappa shape index (κ1) is 37.4. The van der Waals surface area contributed by atoms with Gasteiger partial charge in [0.2, 0.25) is 0 Å². The zero-order chi connectivity index (χ0) is 38.5. The first-order chi connectivity index (χ1) is 28.0. The third-order valence-electron chi connectivity index (χ3n) is 11.5. The van der Waals surface area contributed by atoms with E-state index in [1.807, 2.05) is 6.20 Å². The molecule has 3 heterocycles. The van der Waals surface area contributed by atoms with Crippen LogP contribution < -0.4 is 20.7 Å². The molecule has 3 aromatic heterocycles. The van der Waals surface area contributed by atoms with Crippen molar-refractivity contribution in [3.63, 3.8) is 0 Å². The summed E-state index contributed by atoms with van der Waals surface area (Å²) in [6.07, 6.45) is 4.16.